The predicted molar refractivity (Wildman–Crippen MR) is 117 cm³/mol. The number of hydrogen-bond donors (Lipinski definition) is 1. The lowest BCUT2D eigenvalue weighted by Gasteiger charge is -2.25. The summed E-state index contributed by atoms with van der Waals surface area (Å²) in [6, 6.07) is 13.9. The van der Waals surface area contributed by atoms with Crippen LogP contribution in [0.5, 0.6) is 5.75 Å². The number of methoxy groups -OCH3 is 1. The van der Waals surface area contributed by atoms with Gasteiger partial charge in [-0.3, -0.25) is 9.69 Å². The van der Waals surface area contributed by atoms with Crippen LogP contribution < -0.4 is 10.1 Å². The van der Waals surface area contributed by atoms with Crippen LogP contribution in [0.3, 0.4) is 0 Å². The summed E-state index contributed by atoms with van der Waals surface area (Å²) in [5, 5.41) is 7.36. The normalized spacial score (nSPS) is 14.2. The van der Waals surface area contributed by atoms with Crippen LogP contribution in [0.1, 0.15) is 17.5 Å². The summed E-state index contributed by atoms with van der Waals surface area (Å²) in [6.07, 6.45) is 6.77. The highest BCUT2D eigenvalue weighted by Crippen LogP contribution is 2.23. The Morgan fingerprint density at radius 3 is 2.61 bits per heavy atom. The number of carbonyl (C=O) groups excluding carboxylic acids is 1. The van der Waals surface area contributed by atoms with E-state index in [0.717, 1.165) is 35.5 Å². The highest BCUT2D eigenvalue weighted by Gasteiger charge is 2.17. The summed E-state index contributed by atoms with van der Waals surface area (Å²) in [6.45, 7) is 2.39. The Kier molecular flexibility index (Phi) is 6.43. The molecule has 4 rings (SSSR count). The molecule has 0 atom stereocenters. The van der Waals surface area contributed by atoms with Crippen LogP contribution in [0.15, 0.2) is 67.0 Å². The number of rotatable bonds is 7. The molecule has 2 aromatic carbocycles. The monoisotopic (exact) mass is 420 g/mol. The molecule has 1 N–H and O–H groups in total. The van der Waals surface area contributed by atoms with E-state index >= 15 is 0 Å². The van der Waals surface area contributed by atoms with E-state index in [1.165, 1.54) is 17.7 Å². The van der Waals surface area contributed by atoms with Crippen LogP contribution in [0.2, 0.25) is 0 Å². The minimum atomic E-state index is -0.265. The molecular formula is C24H25FN4O2. The molecule has 3 aromatic rings. The Bertz CT molecular complexity index is 1060. The third-order valence-electron chi connectivity index (χ3n) is 5.35. The van der Waals surface area contributed by atoms with Crippen molar-refractivity contribution >= 4 is 11.5 Å². The number of nitrogens with one attached hydrogen (secondary N) is 1. The quantitative estimate of drug-likeness (QED) is 0.636. The standard InChI is InChI=1S/C24H25FN4O2/c1-31-23-8-2-18(3-9-23)14-26-24(30)17-28-12-10-19(11-13-28)20-15-27-29(16-20)22-6-4-21(25)5-7-22/h2-10,15-16H,11-14,17H2,1H3,(H,26,30). The number of halogens is 1. The van der Waals surface area contributed by atoms with Gasteiger partial charge in [0.2, 0.25) is 5.91 Å². The molecule has 0 saturated heterocycles. The topological polar surface area (TPSA) is 59.4 Å². The maximum Gasteiger partial charge on any atom is 0.234 e. The van der Waals surface area contributed by atoms with Gasteiger partial charge in [0.05, 0.1) is 25.5 Å². The lowest BCUT2D eigenvalue weighted by atomic mass is 10.0. The molecule has 0 aliphatic carbocycles. The highest BCUT2D eigenvalue weighted by atomic mass is 19.1. The highest BCUT2D eigenvalue weighted by molar-refractivity contribution is 5.78. The summed E-state index contributed by atoms with van der Waals surface area (Å²) in [5.41, 5.74) is 4.11. The molecule has 0 saturated carbocycles. The Labute approximate surface area is 180 Å². The minimum absolute atomic E-state index is 0.0109. The molecule has 6 nitrogen and oxygen atoms in total. The fourth-order valence-corrected chi connectivity index (χ4v) is 3.54. The van der Waals surface area contributed by atoms with Gasteiger partial charge in [0.1, 0.15) is 11.6 Å². The van der Waals surface area contributed by atoms with Gasteiger partial charge in [-0.2, -0.15) is 5.10 Å². The van der Waals surface area contributed by atoms with Gasteiger partial charge < -0.3 is 10.1 Å². The van der Waals surface area contributed by atoms with E-state index in [9.17, 15) is 9.18 Å². The van der Waals surface area contributed by atoms with Gasteiger partial charge in [-0.15, -0.1) is 0 Å². The maximum absolute atomic E-state index is 13.1. The first-order valence-corrected chi connectivity index (χ1v) is 10.2. The molecule has 7 heteroatoms. The average molecular weight is 420 g/mol. The van der Waals surface area contributed by atoms with Gasteiger partial charge in [-0.1, -0.05) is 18.2 Å². The molecule has 1 aliphatic rings. The van der Waals surface area contributed by atoms with Crippen molar-refractivity contribution in [2.45, 2.75) is 13.0 Å². The second-order valence-corrected chi connectivity index (χ2v) is 7.49. The number of amides is 1. The Morgan fingerprint density at radius 1 is 1.16 bits per heavy atom. The van der Waals surface area contributed by atoms with Crippen molar-refractivity contribution in [3.8, 4) is 11.4 Å². The van der Waals surface area contributed by atoms with Gasteiger partial charge in [0.25, 0.3) is 0 Å². The molecule has 1 amide bonds. The van der Waals surface area contributed by atoms with Crippen LogP contribution >= 0.6 is 0 Å². The Hall–Kier alpha value is -3.45. The third-order valence-corrected chi connectivity index (χ3v) is 5.35. The van der Waals surface area contributed by atoms with Gasteiger partial charge in [-0.25, -0.2) is 9.07 Å². The van der Waals surface area contributed by atoms with Gasteiger partial charge in [0.15, 0.2) is 0 Å². The third kappa shape index (κ3) is 5.38. The molecule has 0 radical (unpaired) electrons. The van der Waals surface area contributed by atoms with Crippen LogP contribution in [-0.4, -0.2) is 47.3 Å². The molecular weight excluding hydrogens is 395 g/mol. The smallest absolute Gasteiger partial charge is 0.234 e. The molecule has 31 heavy (non-hydrogen) atoms. The van der Waals surface area contributed by atoms with Crippen molar-refractivity contribution in [3.05, 3.63) is 83.9 Å². The number of aromatic nitrogens is 2. The van der Waals surface area contributed by atoms with Gasteiger partial charge in [-0.05, 0) is 54.0 Å². The fraction of sp³-hybridized carbons (Fsp3) is 0.250. The minimum Gasteiger partial charge on any atom is -0.497 e. The SMILES string of the molecule is COc1ccc(CNC(=O)CN2CC=C(c3cnn(-c4ccc(F)cc4)c3)CC2)cc1. The molecule has 0 unspecified atom stereocenters. The summed E-state index contributed by atoms with van der Waals surface area (Å²) >= 11 is 0. The van der Waals surface area contributed by atoms with Crippen molar-refractivity contribution in [2.24, 2.45) is 0 Å². The molecule has 160 valence electrons. The number of ether oxygens (including phenoxy) is 1. The molecule has 2 heterocycles. The summed E-state index contributed by atoms with van der Waals surface area (Å²) in [4.78, 5) is 14.4. The Balaban J connectivity index is 1.28. The first kappa shape index (κ1) is 20.8. The summed E-state index contributed by atoms with van der Waals surface area (Å²) in [5.74, 6) is 0.547. The van der Waals surface area contributed by atoms with Crippen molar-refractivity contribution in [1.82, 2.24) is 20.0 Å². The van der Waals surface area contributed by atoms with Crippen LogP contribution in [0.25, 0.3) is 11.3 Å². The van der Waals surface area contributed by atoms with E-state index < -0.39 is 0 Å². The van der Waals surface area contributed by atoms with Gasteiger partial charge >= 0.3 is 0 Å². The number of benzene rings is 2. The Morgan fingerprint density at radius 2 is 1.94 bits per heavy atom. The van der Waals surface area contributed by atoms with Crippen molar-refractivity contribution < 1.29 is 13.9 Å². The van der Waals surface area contributed by atoms with E-state index in [1.54, 1.807) is 23.9 Å². The van der Waals surface area contributed by atoms with E-state index in [2.05, 4.69) is 21.4 Å². The van der Waals surface area contributed by atoms with E-state index in [-0.39, 0.29) is 11.7 Å². The van der Waals surface area contributed by atoms with Crippen LogP contribution in [0.4, 0.5) is 4.39 Å². The average Bonchev–Trinajstić information content (AvgIpc) is 3.29. The van der Waals surface area contributed by atoms with Gasteiger partial charge in [0, 0.05) is 31.4 Å². The lowest BCUT2D eigenvalue weighted by Crippen LogP contribution is -2.39. The zero-order chi connectivity index (χ0) is 21.6. The predicted octanol–water partition coefficient (Wildman–Crippen LogP) is 3.43. The fourth-order valence-electron chi connectivity index (χ4n) is 3.54. The van der Waals surface area contributed by atoms with Crippen LogP contribution in [0, 0.1) is 5.82 Å². The first-order chi connectivity index (χ1) is 15.1. The number of nitrogens with zero attached hydrogens (tertiary/aromatic N) is 3. The second kappa shape index (κ2) is 9.57. The first-order valence-electron chi connectivity index (χ1n) is 10.2. The van der Waals surface area contributed by atoms with E-state index in [0.29, 0.717) is 19.6 Å². The second-order valence-electron chi connectivity index (χ2n) is 7.49. The molecule has 1 aliphatic heterocycles. The zero-order valence-corrected chi connectivity index (χ0v) is 17.4. The maximum atomic E-state index is 13.1. The molecule has 1 aromatic heterocycles. The van der Waals surface area contributed by atoms with Crippen LogP contribution in [-0.2, 0) is 11.3 Å². The molecule has 0 spiro atoms. The lowest BCUT2D eigenvalue weighted by molar-refractivity contribution is -0.122. The zero-order valence-electron chi connectivity index (χ0n) is 17.4. The summed E-state index contributed by atoms with van der Waals surface area (Å²) < 4.78 is 20.0. The molecule has 0 fully saturated rings. The van der Waals surface area contributed by atoms with E-state index in [4.69, 9.17) is 4.74 Å². The van der Waals surface area contributed by atoms with Crippen molar-refractivity contribution in [2.75, 3.05) is 26.7 Å². The number of carbonyl (C=O) groups is 1. The molecule has 0 bridgehead atoms. The summed E-state index contributed by atoms with van der Waals surface area (Å²) in [7, 11) is 1.63. The van der Waals surface area contributed by atoms with Crippen molar-refractivity contribution in [3.63, 3.8) is 0 Å². The van der Waals surface area contributed by atoms with E-state index in [1.807, 2.05) is 36.7 Å². The number of hydrogen-bond acceptors (Lipinski definition) is 4. The largest absolute Gasteiger partial charge is 0.497 e. The van der Waals surface area contributed by atoms with Crippen molar-refractivity contribution in [1.29, 1.82) is 0 Å².